The van der Waals surface area contributed by atoms with Crippen LogP contribution in [0.2, 0.25) is 0 Å². The molecule has 1 saturated heterocycles. The molecule has 0 saturated carbocycles. The molecule has 98 valence electrons. The Hall–Kier alpha value is -1.65. The molecule has 1 unspecified atom stereocenters. The normalized spacial score (nSPS) is 19.7. The second-order valence-corrected chi connectivity index (χ2v) is 4.71. The van der Waals surface area contributed by atoms with Gasteiger partial charge in [-0.2, -0.15) is 0 Å². The molecule has 0 spiro atoms. The molecule has 1 fully saturated rings. The van der Waals surface area contributed by atoms with E-state index in [1.54, 1.807) is 6.20 Å². The van der Waals surface area contributed by atoms with E-state index in [0.29, 0.717) is 6.54 Å². The van der Waals surface area contributed by atoms with Crippen molar-refractivity contribution < 1.29 is 9.53 Å². The van der Waals surface area contributed by atoms with Gasteiger partial charge in [0, 0.05) is 13.1 Å². The lowest BCUT2D eigenvalue weighted by Gasteiger charge is -2.32. The minimum atomic E-state index is -0.128. The number of carbonyl (C=O) groups is 1. The second kappa shape index (κ2) is 5.33. The van der Waals surface area contributed by atoms with Crippen LogP contribution in [0.4, 0.5) is 5.82 Å². The topological polar surface area (TPSA) is 55.3 Å². The van der Waals surface area contributed by atoms with Crippen LogP contribution in [0.25, 0.3) is 0 Å². The Morgan fingerprint density at radius 3 is 2.89 bits per heavy atom. The van der Waals surface area contributed by atoms with Gasteiger partial charge in [-0.05, 0) is 26.7 Å². The zero-order chi connectivity index (χ0) is 13.1. The minimum Gasteiger partial charge on any atom is -0.469 e. The molecule has 2 heterocycles. The minimum absolute atomic E-state index is 0.0489. The average Bonchev–Trinajstić information content (AvgIpc) is 2.41. The number of esters is 1. The first-order chi connectivity index (χ1) is 8.61. The van der Waals surface area contributed by atoms with Crippen LogP contribution < -0.4 is 4.90 Å². The first-order valence-corrected chi connectivity index (χ1v) is 6.25. The number of methoxy groups -OCH3 is 1. The molecule has 1 aromatic rings. The van der Waals surface area contributed by atoms with Crippen molar-refractivity contribution in [1.29, 1.82) is 0 Å². The zero-order valence-electron chi connectivity index (χ0n) is 11.1. The molecule has 1 aliphatic rings. The molecule has 1 aliphatic heterocycles. The summed E-state index contributed by atoms with van der Waals surface area (Å²) in [6.45, 7) is 5.49. The third-order valence-electron chi connectivity index (χ3n) is 3.46. The van der Waals surface area contributed by atoms with E-state index in [1.807, 2.05) is 13.8 Å². The molecule has 0 amide bonds. The molecule has 18 heavy (non-hydrogen) atoms. The summed E-state index contributed by atoms with van der Waals surface area (Å²) < 4.78 is 4.82. The standard InChI is InChI=1S/C13H19N3O2/c1-9-10(2)15-12(7-14-9)16-6-4-5-11(8-16)13(17)18-3/h7,11H,4-6,8H2,1-3H3. The Morgan fingerprint density at radius 1 is 1.44 bits per heavy atom. The lowest BCUT2D eigenvalue weighted by molar-refractivity contribution is -0.145. The highest BCUT2D eigenvalue weighted by Crippen LogP contribution is 2.22. The highest BCUT2D eigenvalue weighted by Gasteiger charge is 2.27. The van der Waals surface area contributed by atoms with Gasteiger partial charge in [-0.25, -0.2) is 4.98 Å². The van der Waals surface area contributed by atoms with Gasteiger partial charge in [0.15, 0.2) is 0 Å². The van der Waals surface area contributed by atoms with Gasteiger partial charge in [0.2, 0.25) is 0 Å². The molecule has 0 radical (unpaired) electrons. The smallest absolute Gasteiger partial charge is 0.310 e. The quantitative estimate of drug-likeness (QED) is 0.743. The SMILES string of the molecule is COC(=O)C1CCCN(c2cnc(C)c(C)n2)C1. The summed E-state index contributed by atoms with van der Waals surface area (Å²) in [6.07, 6.45) is 3.65. The summed E-state index contributed by atoms with van der Waals surface area (Å²) >= 11 is 0. The number of aromatic nitrogens is 2. The molecular weight excluding hydrogens is 230 g/mol. The molecule has 5 nitrogen and oxygen atoms in total. The molecule has 1 atom stereocenters. The number of hydrogen-bond acceptors (Lipinski definition) is 5. The Bertz CT molecular complexity index is 448. The summed E-state index contributed by atoms with van der Waals surface area (Å²) in [5.41, 5.74) is 1.88. The van der Waals surface area contributed by atoms with E-state index in [1.165, 1.54) is 7.11 Å². The van der Waals surface area contributed by atoms with E-state index < -0.39 is 0 Å². The summed E-state index contributed by atoms with van der Waals surface area (Å²) in [5.74, 6) is 0.676. The largest absolute Gasteiger partial charge is 0.469 e. The fraction of sp³-hybridized carbons (Fsp3) is 0.615. The van der Waals surface area contributed by atoms with Gasteiger partial charge in [0.1, 0.15) is 5.82 Å². The van der Waals surface area contributed by atoms with Crippen molar-refractivity contribution in [3.8, 4) is 0 Å². The van der Waals surface area contributed by atoms with Crippen LogP contribution in [0.15, 0.2) is 6.20 Å². The Morgan fingerprint density at radius 2 is 2.22 bits per heavy atom. The highest BCUT2D eigenvalue weighted by molar-refractivity contribution is 5.73. The molecule has 1 aromatic heterocycles. The van der Waals surface area contributed by atoms with Crippen LogP contribution >= 0.6 is 0 Å². The molecular formula is C13H19N3O2. The maximum absolute atomic E-state index is 11.6. The van der Waals surface area contributed by atoms with Crippen molar-refractivity contribution >= 4 is 11.8 Å². The van der Waals surface area contributed by atoms with Crippen LogP contribution in [0.3, 0.4) is 0 Å². The molecule has 0 aliphatic carbocycles. The Balaban J connectivity index is 2.13. The van der Waals surface area contributed by atoms with E-state index in [2.05, 4.69) is 14.9 Å². The summed E-state index contributed by atoms with van der Waals surface area (Å²) in [5, 5.41) is 0. The first kappa shape index (κ1) is 12.8. The van der Waals surface area contributed by atoms with E-state index >= 15 is 0 Å². The van der Waals surface area contributed by atoms with Gasteiger partial charge in [-0.1, -0.05) is 0 Å². The Kier molecular flexibility index (Phi) is 3.79. The van der Waals surface area contributed by atoms with E-state index in [4.69, 9.17) is 4.74 Å². The maximum Gasteiger partial charge on any atom is 0.310 e. The highest BCUT2D eigenvalue weighted by atomic mass is 16.5. The fourth-order valence-corrected chi connectivity index (χ4v) is 2.23. The number of carbonyl (C=O) groups excluding carboxylic acids is 1. The molecule has 0 N–H and O–H groups in total. The number of nitrogens with zero attached hydrogens (tertiary/aromatic N) is 3. The third-order valence-corrected chi connectivity index (χ3v) is 3.46. The number of anilines is 1. The van der Waals surface area contributed by atoms with Crippen LogP contribution in [0.1, 0.15) is 24.2 Å². The molecule has 0 bridgehead atoms. The van der Waals surface area contributed by atoms with Crippen molar-refractivity contribution in [2.24, 2.45) is 5.92 Å². The van der Waals surface area contributed by atoms with Gasteiger partial charge < -0.3 is 9.64 Å². The van der Waals surface area contributed by atoms with Crippen LogP contribution in [-0.4, -0.2) is 36.1 Å². The van der Waals surface area contributed by atoms with E-state index in [9.17, 15) is 4.79 Å². The van der Waals surface area contributed by atoms with Crippen molar-refractivity contribution in [3.63, 3.8) is 0 Å². The van der Waals surface area contributed by atoms with Gasteiger partial charge in [0.25, 0.3) is 0 Å². The lowest BCUT2D eigenvalue weighted by Crippen LogP contribution is -2.39. The second-order valence-electron chi connectivity index (χ2n) is 4.71. The maximum atomic E-state index is 11.6. The Labute approximate surface area is 107 Å². The number of rotatable bonds is 2. The number of ether oxygens (including phenoxy) is 1. The van der Waals surface area contributed by atoms with Gasteiger partial charge in [0.05, 0.1) is 30.6 Å². The van der Waals surface area contributed by atoms with Crippen LogP contribution in [0, 0.1) is 19.8 Å². The number of aryl methyl sites for hydroxylation is 2. The fourth-order valence-electron chi connectivity index (χ4n) is 2.23. The van der Waals surface area contributed by atoms with E-state index in [0.717, 1.165) is 36.6 Å². The van der Waals surface area contributed by atoms with Gasteiger partial charge in [-0.3, -0.25) is 9.78 Å². The van der Waals surface area contributed by atoms with Crippen molar-refractivity contribution in [1.82, 2.24) is 9.97 Å². The van der Waals surface area contributed by atoms with Gasteiger partial charge >= 0.3 is 5.97 Å². The predicted octanol–water partition coefficient (Wildman–Crippen LogP) is 1.48. The summed E-state index contributed by atoms with van der Waals surface area (Å²) in [6, 6.07) is 0. The average molecular weight is 249 g/mol. The van der Waals surface area contributed by atoms with Gasteiger partial charge in [-0.15, -0.1) is 0 Å². The van der Waals surface area contributed by atoms with Crippen molar-refractivity contribution in [3.05, 3.63) is 17.6 Å². The number of piperidine rings is 1. The zero-order valence-corrected chi connectivity index (χ0v) is 11.1. The van der Waals surface area contributed by atoms with Crippen LogP contribution in [0.5, 0.6) is 0 Å². The summed E-state index contributed by atoms with van der Waals surface area (Å²) in [7, 11) is 1.44. The van der Waals surface area contributed by atoms with Crippen molar-refractivity contribution in [2.45, 2.75) is 26.7 Å². The predicted molar refractivity (Wildman–Crippen MR) is 68.5 cm³/mol. The van der Waals surface area contributed by atoms with E-state index in [-0.39, 0.29) is 11.9 Å². The first-order valence-electron chi connectivity index (χ1n) is 6.25. The third kappa shape index (κ3) is 2.60. The lowest BCUT2D eigenvalue weighted by atomic mass is 9.98. The van der Waals surface area contributed by atoms with Crippen molar-refractivity contribution in [2.75, 3.05) is 25.1 Å². The summed E-state index contributed by atoms with van der Waals surface area (Å²) in [4.78, 5) is 22.5. The molecule has 5 heteroatoms. The monoisotopic (exact) mass is 249 g/mol. The molecule has 2 rings (SSSR count). The molecule has 0 aromatic carbocycles. The number of hydrogen-bond donors (Lipinski definition) is 0. The van der Waals surface area contributed by atoms with Crippen LogP contribution in [-0.2, 0) is 9.53 Å².